The lowest BCUT2D eigenvalue weighted by atomic mass is 9.90. The molecule has 0 saturated carbocycles. The molecule has 1 aliphatic rings. The number of guanidine groups is 1. The van der Waals surface area contributed by atoms with Crippen LogP contribution in [-0.2, 0) is 9.84 Å². The molecule has 6 nitrogen and oxygen atoms in total. The van der Waals surface area contributed by atoms with Gasteiger partial charge in [0, 0.05) is 26.4 Å². The minimum absolute atomic E-state index is 0. The van der Waals surface area contributed by atoms with E-state index in [1.54, 1.807) is 7.05 Å². The molecule has 29 heavy (non-hydrogen) atoms. The molecule has 1 aromatic rings. The van der Waals surface area contributed by atoms with E-state index in [9.17, 15) is 8.42 Å². The quantitative estimate of drug-likeness (QED) is 0.289. The van der Waals surface area contributed by atoms with Crippen LogP contribution in [-0.4, -0.2) is 64.5 Å². The van der Waals surface area contributed by atoms with E-state index in [4.69, 9.17) is 0 Å². The summed E-state index contributed by atoms with van der Waals surface area (Å²) >= 11 is 0. The first-order valence-corrected chi connectivity index (χ1v) is 12.2. The maximum Gasteiger partial charge on any atom is 0.191 e. The molecule has 2 rings (SSSR count). The van der Waals surface area contributed by atoms with Crippen LogP contribution in [0.4, 0.5) is 0 Å². The molecule has 0 bridgehead atoms. The number of hydrogen-bond donors (Lipinski definition) is 2. The zero-order chi connectivity index (χ0) is 20.6. The maximum absolute atomic E-state index is 11.4. The minimum Gasteiger partial charge on any atom is -0.356 e. The van der Waals surface area contributed by atoms with Crippen molar-refractivity contribution in [1.29, 1.82) is 0 Å². The van der Waals surface area contributed by atoms with Crippen molar-refractivity contribution >= 4 is 39.8 Å². The molecule has 0 amide bonds. The second kappa shape index (κ2) is 12.1. The molecule has 1 saturated heterocycles. The molecule has 8 heteroatoms. The van der Waals surface area contributed by atoms with Gasteiger partial charge < -0.3 is 10.6 Å². The van der Waals surface area contributed by atoms with Crippen molar-refractivity contribution in [2.45, 2.75) is 39.2 Å². The highest BCUT2D eigenvalue weighted by Gasteiger charge is 2.24. The Morgan fingerprint density at radius 2 is 1.79 bits per heavy atom. The van der Waals surface area contributed by atoms with E-state index in [1.807, 2.05) is 0 Å². The molecule has 2 N–H and O–H groups in total. The summed E-state index contributed by atoms with van der Waals surface area (Å²) in [5, 5.41) is 6.84. The Kier molecular flexibility index (Phi) is 10.9. The van der Waals surface area contributed by atoms with Gasteiger partial charge in [0.05, 0.1) is 11.8 Å². The van der Waals surface area contributed by atoms with Crippen molar-refractivity contribution in [2.24, 2.45) is 10.4 Å². The summed E-state index contributed by atoms with van der Waals surface area (Å²) in [7, 11) is -1.17. The lowest BCUT2D eigenvalue weighted by molar-refractivity contribution is 0.245. The van der Waals surface area contributed by atoms with E-state index < -0.39 is 9.84 Å². The standard InChI is InChI=1S/C21H36N4O2S.HI/c1-21(2,12-15-28(4,26)27)17-24-20(22-3)23-16-19(25-13-8-9-14-25)18-10-6-5-7-11-18;/h5-7,10-11,19H,8-9,12-17H2,1-4H3,(H2,22,23,24);1H. The summed E-state index contributed by atoms with van der Waals surface area (Å²) in [6.45, 7) is 7.87. The Hall–Kier alpha value is -0.870. The Morgan fingerprint density at radius 1 is 1.17 bits per heavy atom. The number of nitrogens with zero attached hydrogens (tertiary/aromatic N) is 2. The number of aliphatic imine (C=N–C) groups is 1. The normalized spacial score (nSPS) is 16.9. The van der Waals surface area contributed by atoms with Crippen LogP contribution in [0.1, 0.15) is 44.7 Å². The topological polar surface area (TPSA) is 73.8 Å². The van der Waals surface area contributed by atoms with Crippen molar-refractivity contribution in [2.75, 3.05) is 45.2 Å². The number of nitrogens with one attached hydrogen (secondary N) is 2. The highest BCUT2D eigenvalue weighted by Crippen LogP contribution is 2.24. The summed E-state index contributed by atoms with van der Waals surface area (Å²) in [6, 6.07) is 10.9. The Morgan fingerprint density at radius 3 is 2.34 bits per heavy atom. The van der Waals surface area contributed by atoms with Gasteiger partial charge in [-0.2, -0.15) is 0 Å². The van der Waals surface area contributed by atoms with Gasteiger partial charge in [0.1, 0.15) is 9.84 Å². The van der Waals surface area contributed by atoms with Crippen LogP contribution in [0.2, 0.25) is 0 Å². The summed E-state index contributed by atoms with van der Waals surface area (Å²) < 4.78 is 22.9. The van der Waals surface area contributed by atoms with Gasteiger partial charge in [-0.1, -0.05) is 44.2 Å². The van der Waals surface area contributed by atoms with Gasteiger partial charge in [0.2, 0.25) is 0 Å². The largest absolute Gasteiger partial charge is 0.356 e. The third-order valence-electron chi connectivity index (χ3n) is 5.34. The van der Waals surface area contributed by atoms with Crippen LogP contribution in [0.15, 0.2) is 35.3 Å². The second-order valence-corrected chi connectivity index (χ2v) is 10.8. The molecule has 1 aromatic carbocycles. The molecule has 0 aliphatic carbocycles. The van der Waals surface area contributed by atoms with E-state index >= 15 is 0 Å². The van der Waals surface area contributed by atoms with Crippen LogP contribution in [0.5, 0.6) is 0 Å². The lowest BCUT2D eigenvalue weighted by Gasteiger charge is -2.30. The monoisotopic (exact) mass is 536 g/mol. The van der Waals surface area contributed by atoms with E-state index in [1.165, 1.54) is 24.7 Å². The van der Waals surface area contributed by atoms with Gasteiger partial charge in [-0.15, -0.1) is 24.0 Å². The SMILES string of the molecule is CN=C(NCC(c1ccccc1)N1CCCC1)NCC(C)(C)CCS(C)(=O)=O.I. The number of likely N-dealkylation sites (tertiary alicyclic amines) is 1. The first kappa shape index (κ1) is 26.2. The predicted octanol–water partition coefficient (Wildman–Crippen LogP) is 3.07. The molecule has 1 atom stereocenters. The molecule has 0 aromatic heterocycles. The number of benzene rings is 1. The zero-order valence-electron chi connectivity index (χ0n) is 18.1. The van der Waals surface area contributed by atoms with Crippen LogP contribution < -0.4 is 10.6 Å². The average Bonchev–Trinajstić information content (AvgIpc) is 3.18. The van der Waals surface area contributed by atoms with Gasteiger partial charge >= 0.3 is 0 Å². The van der Waals surface area contributed by atoms with Crippen molar-refractivity contribution in [3.05, 3.63) is 35.9 Å². The Bertz CT molecular complexity index is 732. The van der Waals surface area contributed by atoms with Gasteiger partial charge in [-0.3, -0.25) is 9.89 Å². The van der Waals surface area contributed by atoms with Crippen molar-refractivity contribution < 1.29 is 8.42 Å². The smallest absolute Gasteiger partial charge is 0.191 e. The average molecular weight is 537 g/mol. The van der Waals surface area contributed by atoms with Gasteiger partial charge in [0.25, 0.3) is 0 Å². The molecule has 1 unspecified atom stereocenters. The van der Waals surface area contributed by atoms with Crippen molar-refractivity contribution in [3.8, 4) is 0 Å². The van der Waals surface area contributed by atoms with Gasteiger partial charge in [-0.05, 0) is 43.3 Å². The molecular formula is C21H37IN4O2S. The van der Waals surface area contributed by atoms with Gasteiger partial charge in [0.15, 0.2) is 5.96 Å². The van der Waals surface area contributed by atoms with Crippen LogP contribution in [0, 0.1) is 5.41 Å². The van der Waals surface area contributed by atoms with E-state index in [0.717, 1.165) is 25.6 Å². The third kappa shape index (κ3) is 9.65. The molecule has 1 heterocycles. The minimum atomic E-state index is -2.94. The molecule has 0 spiro atoms. The molecule has 0 radical (unpaired) electrons. The fraction of sp³-hybridized carbons (Fsp3) is 0.667. The summed E-state index contributed by atoms with van der Waals surface area (Å²) in [6.07, 6.45) is 4.42. The Balaban J connectivity index is 0.00000420. The third-order valence-corrected chi connectivity index (χ3v) is 6.28. The predicted molar refractivity (Wildman–Crippen MR) is 133 cm³/mol. The number of hydrogen-bond acceptors (Lipinski definition) is 4. The van der Waals surface area contributed by atoms with Crippen LogP contribution in [0.25, 0.3) is 0 Å². The van der Waals surface area contributed by atoms with Crippen LogP contribution in [0.3, 0.4) is 0 Å². The summed E-state index contributed by atoms with van der Waals surface area (Å²) in [5.74, 6) is 0.964. The lowest BCUT2D eigenvalue weighted by Crippen LogP contribution is -2.45. The molecular weight excluding hydrogens is 499 g/mol. The Labute approximate surface area is 193 Å². The summed E-state index contributed by atoms with van der Waals surface area (Å²) in [4.78, 5) is 6.88. The van der Waals surface area contributed by atoms with Crippen LogP contribution >= 0.6 is 24.0 Å². The fourth-order valence-corrected chi connectivity index (χ4v) is 4.40. The summed E-state index contributed by atoms with van der Waals surface area (Å²) in [5.41, 5.74) is 1.19. The highest BCUT2D eigenvalue weighted by atomic mass is 127. The fourth-order valence-electron chi connectivity index (χ4n) is 3.47. The number of halogens is 1. The van der Waals surface area contributed by atoms with Crippen molar-refractivity contribution in [1.82, 2.24) is 15.5 Å². The molecule has 1 fully saturated rings. The number of sulfone groups is 1. The van der Waals surface area contributed by atoms with E-state index in [-0.39, 0.29) is 35.1 Å². The van der Waals surface area contributed by atoms with Gasteiger partial charge in [-0.25, -0.2) is 8.42 Å². The number of rotatable bonds is 9. The molecule has 1 aliphatic heterocycles. The molecule has 166 valence electrons. The van der Waals surface area contributed by atoms with Crippen molar-refractivity contribution in [3.63, 3.8) is 0 Å². The van der Waals surface area contributed by atoms with E-state index in [0.29, 0.717) is 19.0 Å². The van der Waals surface area contributed by atoms with E-state index in [2.05, 4.69) is 64.7 Å². The highest BCUT2D eigenvalue weighted by molar-refractivity contribution is 14.0. The second-order valence-electron chi connectivity index (χ2n) is 8.52. The zero-order valence-corrected chi connectivity index (χ0v) is 21.3. The first-order valence-electron chi connectivity index (χ1n) is 10.1. The maximum atomic E-state index is 11.4. The first-order chi connectivity index (χ1) is 13.2.